The predicted molar refractivity (Wildman–Crippen MR) is 177 cm³/mol. The van der Waals surface area contributed by atoms with Gasteiger partial charge in [-0.15, -0.1) is 0 Å². The first-order valence-electron chi connectivity index (χ1n) is 15.7. The first kappa shape index (κ1) is 32.1. The van der Waals surface area contributed by atoms with Crippen LogP contribution in [0.4, 0.5) is 10.1 Å². The Balaban J connectivity index is 1.37. The van der Waals surface area contributed by atoms with Crippen LogP contribution in [0.15, 0.2) is 72.8 Å². The molecule has 2 saturated carbocycles. The van der Waals surface area contributed by atoms with Crippen LogP contribution in [-0.2, 0) is 26.0 Å². The summed E-state index contributed by atoms with van der Waals surface area (Å²) in [6.07, 6.45) is 1.04. The van der Waals surface area contributed by atoms with Crippen LogP contribution >= 0.6 is 23.2 Å². The van der Waals surface area contributed by atoms with Crippen molar-refractivity contribution in [3.05, 3.63) is 111 Å². The van der Waals surface area contributed by atoms with E-state index in [0.29, 0.717) is 34.5 Å². The Morgan fingerprint density at radius 1 is 1.00 bits per heavy atom. The van der Waals surface area contributed by atoms with Crippen molar-refractivity contribution in [2.75, 3.05) is 10.8 Å². The molecule has 4 atom stereocenters. The summed E-state index contributed by atoms with van der Waals surface area (Å²) in [5.41, 5.74) is 1.48. The van der Waals surface area contributed by atoms with Crippen LogP contribution in [0, 0.1) is 18.7 Å². The maximum absolute atomic E-state index is 15.4. The summed E-state index contributed by atoms with van der Waals surface area (Å²) in [5.74, 6) is 0.0559. The first-order valence-corrected chi connectivity index (χ1v) is 18.0. The monoisotopic (exact) mass is 697 g/mol. The lowest BCUT2D eigenvalue weighted by Crippen LogP contribution is -2.59. The second kappa shape index (κ2) is 12.8. The Labute approximate surface area is 283 Å². The fraction of sp³-hybridized carbons (Fsp3) is 0.382. The second-order valence-corrected chi connectivity index (χ2v) is 15.5. The highest BCUT2D eigenvalue weighted by atomic mass is 35.5. The number of amides is 1. The quantitative estimate of drug-likeness (QED) is 0.190. The molecule has 1 aromatic heterocycles. The van der Waals surface area contributed by atoms with Gasteiger partial charge in [-0.1, -0.05) is 59.6 Å². The van der Waals surface area contributed by atoms with Gasteiger partial charge in [0.25, 0.3) is 5.91 Å². The number of aromatic amines is 1. The van der Waals surface area contributed by atoms with Crippen molar-refractivity contribution in [3.8, 4) is 0 Å². The van der Waals surface area contributed by atoms with Gasteiger partial charge in [-0.3, -0.25) is 14.2 Å². The molecule has 1 saturated heterocycles. The molecule has 0 spiro atoms. The molecule has 1 amide bonds. The van der Waals surface area contributed by atoms with E-state index >= 15 is 4.39 Å². The van der Waals surface area contributed by atoms with Crippen LogP contribution in [0.3, 0.4) is 0 Å². The van der Waals surface area contributed by atoms with Crippen molar-refractivity contribution in [1.29, 1.82) is 0 Å². The number of benzene rings is 3. The Morgan fingerprint density at radius 2 is 1.74 bits per heavy atom. The smallest absolute Gasteiger partial charge is 0.253 e. The molecule has 9 nitrogen and oxygen atoms in total. The average Bonchev–Trinajstić information content (AvgIpc) is 3.98. The van der Waals surface area contributed by atoms with E-state index in [1.54, 1.807) is 36.1 Å². The van der Waals surface area contributed by atoms with E-state index in [1.165, 1.54) is 22.5 Å². The zero-order valence-electron chi connectivity index (χ0n) is 25.6. The van der Waals surface area contributed by atoms with Gasteiger partial charge in [-0.2, -0.15) is 5.10 Å². The molecule has 1 aliphatic heterocycles. The lowest BCUT2D eigenvalue weighted by molar-refractivity contribution is -0.179. The molecule has 2 heterocycles. The highest BCUT2D eigenvalue weighted by molar-refractivity contribution is 7.93. The number of sulfonamides is 1. The number of hydrogen-bond donors (Lipinski definition) is 1. The maximum Gasteiger partial charge on any atom is 0.253 e. The summed E-state index contributed by atoms with van der Waals surface area (Å²) in [6.45, 7) is 1.67. The number of para-hydroxylation sites is 1. The summed E-state index contributed by atoms with van der Waals surface area (Å²) in [7, 11) is -3.91. The summed E-state index contributed by atoms with van der Waals surface area (Å²) < 4.78 is 51.3. The number of morpholine rings is 1. The molecule has 3 fully saturated rings. The Bertz CT molecular complexity index is 1880. The number of carbonyl (C=O) groups is 1. The third-order valence-electron chi connectivity index (χ3n) is 9.08. The van der Waals surface area contributed by atoms with E-state index in [9.17, 15) is 13.2 Å². The van der Waals surface area contributed by atoms with Crippen LogP contribution in [0.1, 0.15) is 60.6 Å². The first-order chi connectivity index (χ1) is 22.6. The summed E-state index contributed by atoms with van der Waals surface area (Å²) in [6, 6.07) is 19.2. The minimum absolute atomic E-state index is 0.0121. The number of hydrogen-bond acceptors (Lipinski definition) is 6. The van der Waals surface area contributed by atoms with E-state index in [1.807, 2.05) is 30.3 Å². The Morgan fingerprint density at radius 3 is 2.38 bits per heavy atom. The van der Waals surface area contributed by atoms with Crippen molar-refractivity contribution in [1.82, 2.24) is 20.1 Å². The van der Waals surface area contributed by atoms with Crippen molar-refractivity contribution in [2.24, 2.45) is 5.92 Å². The molecule has 0 bridgehead atoms. The van der Waals surface area contributed by atoms with Crippen LogP contribution < -0.4 is 4.31 Å². The van der Waals surface area contributed by atoms with Gasteiger partial charge in [-0.25, -0.2) is 17.8 Å². The topological polar surface area (TPSA) is 108 Å². The molecule has 47 heavy (non-hydrogen) atoms. The molecule has 3 aliphatic rings. The highest BCUT2D eigenvalue weighted by Crippen LogP contribution is 2.49. The van der Waals surface area contributed by atoms with Crippen molar-refractivity contribution < 1.29 is 22.3 Å². The third kappa shape index (κ3) is 6.63. The van der Waals surface area contributed by atoms with Gasteiger partial charge in [0.15, 0.2) is 5.82 Å². The van der Waals surface area contributed by atoms with E-state index in [2.05, 4.69) is 15.2 Å². The molecule has 4 aromatic rings. The van der Waals surface area contributed by atoms with Gasteiger partial charge in [0, 0.05) is 16.5 Å². The van der Waals surface area contributed by atoms with Gasteiger partial charge in [-0.05, 0) is 86.1 Å². The molecule has 13 heteroatoms. The number of aryl methyl sites for hydroxylation is 1. The molecular formula is C34H34Cl2FN5O4S. The standard InChI is InChI=1S/C34H34Cl2FN5O4S/c1-20-38-31(40-39-20)18-30-34(43)42(32(22-11-13-24(35)14-12-22)33(46-30)23-5-4-6-25(36)17-23)29(21-9-10-21)19-41(47(44,45)26-15-16-26)28-8-3-2-7-27(28)37/h2-8,11-14,17,21,26,29-30,32-33H,9-10,15-16,18-19H2,1H3,(H,38,39,40)/t29-,30-,32-,33-/m1/s1. The molecule has 1 N–H and O–H groups in total. The van der Waals surface area contributed by atoms with E-state index < -0.39 is 45.4 Å². The normalized spacial score (nSPS) is 22.3. The van der Waals surface area contributed by atoms with E-state index in [4.69, 9.17) is 27.9 Å². The number of ether oxygens (including phenoxy) is 1. The van der Waals surface area contributed by atoms with Gasteiger partial charge in [0.2, 0.25) is 10.0 Å². The molecule has 2 aliphatic carbocycles. The number of nitrogens with one attached hydrogen (secondary N) is 1. The number of aromatic nitrogens is 3. The van der Waals surface area contributed by atoms with Crippen molar-refractivity contribution in [2.45, 2.75) is 68.6 Å². The van der Waals surface area contributed by atoms with Gasteiger partial charge >= 0.3 is 0 Å². The molecule has 0 unspecified atom stereocenters. The van der Waals surface area contributed by atoms with Gasteiger partial charge < -0.3 is 9.64 Å². The molecule has 3 aromatic carbocycles. The number of nitrogens with zero attached hydrogens (tertiary/aromatic N) is 4. The zero-order valence-corrected chi connectivity index (χ0v) is 27.9. The minimum Gasteiger partial charge on any atom is -0.357 e. The third-order valence-corrected chi connectivity index (χ3v) is 11.8. The fourth-order valence-corrected chi connectivity index (χ4v) is 8.70. The number of carbonyl (C=O) groups excluding carboxylic acids is 1. The second-order valence-electron chi connectivity index (χ2n) is 12.5. The molecule has 0 radical (unpaired) electrons. The van der Waals surface area contributed by atoms with Crippen molar-refractivity contribution >= 4 is 44.8 Å². The number of H-pyrrole nitrogens is 1. The molecule has 7 rings (SSSR count). The maximum atomic E-state index is 15.4. The Kier molecular flexibility index (Phi) is 8.75. The lowest BCUT2D eigenvalue weighted by atomic mass is 9.89. The Hall–Kier alpha value is -3.51. The SMILES string of the molecule is Cc1nc(C[C@H]2O[C@H](c3cccc(Cl)c3)[C@@H](c3ccc(Cl)cc3)N([C@H](CN(c3ccccc3F)S(=O)(=O)C3CC3)C3CC3)C2=O)n[nH]1. The van der Waals surface area contributed by atoms with Crippen LogP contribution in [0.2, 0.25) is 10.0 Å². The molecule has 246 valence electrons. The number of rotatable bonds is 11. The fourth-order valence-electron chi connectivity index (χ4n) is 6.50. The van der Waals surface area contributed by atoms with E-state index in [-0.39, 0.29) is 30.5 Å². The number of anilines is 1. The largest absolute Gasteiger partial charge is 0.357 e. The lowest BCUT2D eigenvalue weighted by Gasteiger charge is -2.49. The predicted octanol–water partition coefficient (Wildman–Crippen LogP) is 6.59. The average molecular weight is 699 g/mol. The zero-order chi connectivity index (χ0) is 32.9. The van der Waals surface area contributed by atoms with Crippen molar-refractivity contribution in [3.63, 3.8) is 0 Å². The van der Waals surface area contributed by atoms with Crippen LogP contribution in [-0.4, -0.2) is 58.3 Å². The summed E-state index contributed by atoms with van der Waals surface area (Å²) in [4.78, 5) is 21.0. The van der Waals surface area contributed by atoms with Crippen LogP contribution in [0.5, 0.6) is 0 Å². The number of halogens is 3. The highest BCUT2D eigenvalue weighted by Gasteiger charge is 2.52. The molecular weight excluding hydrogens is 664 g/mol. The summed E-state index contributed by atoms with van der Waals surface area (Å²) in [5, 5.41) is 7.54. The van der Waals surface area contributed by atoms with Crippen LogP contribution in [0.25, 0.3) is 0 Å². The van der Waals surface area contributed by atoms with E-state index in [0.717, 1.165) is 24.0 Å². The summed E-state index contributed by atoms with van der Waals surface area (Å²) >= 11 is 12.8. The van der Waals surface area contributed by atoms with Gasteiger partial charge in [0.1, 0.15) is 23.8 Å². The minimum atomic E-state index is -3.91. The van der Waals surface area contributed by atoms with Gasteiger partial charge in [0.05, 0.1) is 29.6 Å².